The smallest absolute Gasteiger partial charge is 0.159 e. The zero-order valence-corrected chi connectivity index (χ0v) is 30.4. The van der Waals surface area contributed by atoms with Crippen LogP contribution < -0.4 is 5.32 Å². The molecule has 3 heterocycles. The van der Waals surface area contributed by atoms with Crippen molar-refractivity contribution in [2.24, 2.45) is 9.98 Å². The minimum Gasteiger partial charge on any atom is -0.344 e. The van der Waals surface area contributed by atoms with Gasteiger partial charge in [-0.25, -0.2) is 9.98 Å². The lowest BCUT2D eigenvalue weighted by Gasteiger charge is -2.23. The lowest BCUT2D eigenvalue weighted by Crippen LogP contribution is -2.33. The first-order valence-electron chi connectivity index (χ1n) is 19.0. The molecule has 0 amide bonds. The number of nitrogens with one attached hydrogen (secondary N) is 1. The fourth-order valence-corrected chi connectivity index (χ4v) is 8.47. The van der Waals surface area contributed by atoms with E-state index in [1.54, 1.807) is 0 Å². The number of benzene rings is 8. The summed E-state index contributed by atoms with van der Waals surface area (Å²) in [6.07, 6.45) is -0.253. The Labute approximate surface area is 324 Å². The Morgan fingerprint density at radius 1 is 0.411 bits per heavy atom. The quantitative estimate of drug-likeness (QED) is 0.183. The van der Waals surface area contributed by atoms with Crippen LogP contribution in [0.4, 0.5) is 0 Å². The van der Waals surface area contributed by atoms with Gasteiger partial charge in [0.05, 0.1) is 22.1 Å². The Morgan fingerprint density at radius 2 is 1.02 bits per heavy atom. The van der Waals surface area contributed by atoms with E-state index in [-0.39, 0.29) is 6.17 Å². The van der Waals surface area contributed by atoms with Crippen molar-refractivity contribution < 1.29 is 0 Å². The molecule has 1 unspecified atom stereocenters. The van der Waals surface area contributed by atoms with E-state index in [4.69, 9.17) is 9.98 Å². The number of aliphatic imine (C=N–C) groups is 2. The second kappa shape index (κ2) is 13.1. The maximum absolute atomic E-state index is 5.12. The number of aromatic nitrogens is 2. The maximum Gasteiger partial charge on any atom is 0.159 e. The Hall–Kier alpha value is -7.50. The largest absolute Gasteiger partial charge is 0.344 e. The second-order valence-electron chi connectivity index (χ2n) is 14.2. The number of amidine groups is 2. The lowest BCUT2D eigenvalue weighted by atomic mass is 9.99. The molecule has 2 aromatic heterocycles. The first kappa shape index (κ1) is 32.0. The number of para-hydroxylation sites is 2. The van der Waals surface area contributed by atoms with Crippen LogP contribution in [0, 0.1) is 0 Å². The lowest BCUT2D eigenvalue weighted by molar-refractivity contribution is 0.674. The van der Waals surface area contributed by atoms with Gasteiger partial charge in [0.15, 0.2) is 5.84 Å². The molecule has 264 valence electrons. The number of nitrogens with zero attached hydrogens (tertiary/aromatic N) is 4. The minimum absolute atomic E-state index is 0.253. The number of rotatable bonds is 6. The SMILES string of the molecule is c1ccc(C2=NC(c3ccc(-n4c5ccccc5c5c4ccc4c6c(-c7ccccc7)cccc6n(-c6ccccc6)c45)cc3)=NC(c3ccccc3)N2)cc1. The zero-order chi connectivity index (χ0) is 37.0. The summed E-state index contributed by atoms with van der Waals surface area (Å²) in [6, 6.07) is 70.9. The van der Waals surface area contributed by atoms with E-state index in [0.29, 0.717) is 5.84 Å². The van der Waals surface area contributed by atoms with Gasteiger partial charge >= 0.3 is 0 Å². The van der Waals surface area contributed by atoms with Gasteiger partial charge < -0.3 is 14.5 Å². The summed E-state index contributed by atoms with van der Waals surface area (Å²) < 4.78 is 4.86. The van der Waals surface area contributed by atoms with E-state index in [2.05, 4.69) is 190 Å². The van der Waals surface area contributed by atoms with Crippen LogP contribution in [0.1, 0.15) is 22.9 Å². The maximum atomic E-state index is 5.12. The van der Waals surface area contributed by atoms with Crippen molar-refractivity contribution in [1.82, 2.24) is 14.5 Å². The zero-order valence-electron chi connectivity index (χ0n) is 30.4. The molecule has 0 aliphatic carbocycles. The summed E-state index contributed by atoms with van der Waals surface area (Å²) in [5.74, 6) is 1.51. The Balaban J connectivity index is 1.12. The van der Waals surface area contributed by atoms with Gasteiger partial charge in [0.2, 0.25) is 0 Å². The highest BCUT2D eigenvalue weighted by Gasteiger charge is 2.24. The van der Waals surface area contributed by atoms with Crippen LogP contribution in [0.5, 0.6) is 0 Å². The summed E-state index contributed by atoms with van der Waals surface area (Å²) >= 11 is 0. The first-order chi connectivity index (χ1) is 27.8. The van der Waals surface area contributed by atoms with Crippen LogP contribution in [-0.2, 0) is 0 Å². The summed E-state index contributed by atoms with van der Waals surface area (Å²) in [4.78, 5) is 10.2. The molecular weight excluding hydrogens is 683 g/mol. The monoisotopic (exact) mass is 717 g/mol. The fourth-order valence-electron chi connectivity index (χ4n) is 8.47. The fraction of sp³-hybridized carbons (Fsp3) is 0.0196. The summed E-state index contributed by atoms with van der Waals surface area (Å²) in [7, 11) is 0. The normalized spacial score (nSPS) is 14.2. The van der Waals surface area contributed by atoms with Gasteiger partial charge in [-0.15, -0.1) is 0 Å². The molecule has 8 aromatic carbocycles. The van der Waals surface area contributed by atoms with Crippen LogP contribution in [0.15, 0.2) is 210 Å². The Bertz CT molecular complexity index is 3120. The average molecular weight is 718 g/mol. The number of hydrogen-bond donors (Lipinski definition) is 1. The topological polar surface area (TPSA) is 46.6 Å². The van der Waals surface area contributed by atoms with E-state index in [0.717, 1.165) is 44.9 Å². The molecule has 0 radical (unpaired) electrons. The number of hydrogen-bond acceptors (Lipinski definition) is 3. The van der Waals surface area contributed by atoms with Crippen LogP contribution in [0.25, 0.3) is 66.1 Å². The van der Waals surface area contributed by atoms with Crippen molar-refractivity contribution in [1.29, 1.82) is 0 Å². The van der Waals surface area contributed by atoms with Crippen molar-refractivity contribution >= 4 is 55.3 Å². The van der Waals surface area contributed by atoms with Crippen LogP contribution in [0.3, 0.4) is 0 Å². The molecule has 0 fully saturated rings. The molecule has 10 aromatic rings. The van der Waals surface area contributed by atoms with Crippen molar-refractivity contribution in [2.45, 2.75) is 6.17 Å². The molecule has 0 saturated heterocycles. The molecule has 5 nitrogen and oxygen atoms in total. The Morgan fingerprint density at radius 3 is 1.77 bits per heavy atom. The highest BCUT2D eigenvalue weighted by Crippen LogP contribution is 2.44. The third-order valence-corrected chi connectivity index (χ3v) is 11.0. The van der Waals surface area contributed by atoms with E-state index in [1.807, 2.05) is 24.3 Å². The molecule has 11 rings (SSSR count). The van der Waals surface area contributed by atoms with E-state index >= 15 is 0 Å². The molecular formula is C51H35N5. The Kier molecular flexibility index (Phi) is 7.49. The summed E-state index contributed by atoms with van der Waals surface area (Å²) in [6.45, 7) is 0. The van der Waals surface area contributed by atoms with Gasteiger partial charge in [0, 0.05) is 44.0 Å². The highest BCUT2D eigenvalue weighted by molar-refractivity contribution is 6.28. The average Bonchev–Trinajstić information content (AvgIpc) is 3.81. The predicted molar refractivity (Wildman–Crippen MR) is 232 cm³/mol. The molecule has 1 aliphatic rings. The summed E-state index contributed by atoms with van der Waals surface area (Å²) in [5, 5.41) is 8.50. The third-order valence-electron chi connectivity index (χ3n) is 11.0. The molecule has 0 bridgehead atoms. The van der Waals surface area contributed by atoms with Gasteiger partial charge in [-0.2, -0.15) is 0 Å². The molecule has 1 N–H and O–H groups in total. The van der Waals surface area contributed by atoms with Crippen LogP contribution >= 0.6 is 0 Å². The second-order valence-corrected chi connectivity index (χ2v) is 14.2. The van der Waals surface area contributed by atoms with Crippen LogP contribution in [-0.4, -0.2) is 20.8 Å². The molecule has 1 aliphatic heterocycles. The van der Waals surface area contributed by atoms with Crippen molar-refractivity contribution in [3.63, 3.8) is 0 Å². The molecule has 5 heteroatoms. The van der Waals surface area contributed by atoms with E-state index in [1.165, 1.54) is 43.7 Å². The standard InChI is InChI=1S/C51H35N5/c1-5-16-34(17-6-1)40-25-15-27-44-46(40)42-32-33-45-47(48(42)56(44)38-22-11-4-12-23-38)41-24-13-14-26-43(41)55(45)39-30-28-37(29-31-39)51-53-49(35-18-7-2-8-19-35)52-50(54-51)36-20-9-3-10-21-36/h1-33,49H,(H,52,53,54). The minimum atomic E-state index is -0.253. The predicted octanol–water partition coefficient (Wildman–Crippen LogP) is 12.0. The first-order valence-corrected chi connectivity index (χ1v) is 19.0. The highest BCUT2D eigenvalue weighted by atomic mass is 15.2. The van der Waals surface area contributed by atoms with Gasteiger partial charge in [0.25, 0.3) is 0 Å². The number of fused-ring (bicyclic) bond motifs is 7. The van der Waals surface area contributed by atoms with Gasteiger partial charge in [-0.05, 0) is 71.3 Å². The van der Waals surface area contributed by atoms with Crippen molar-refractivity contribution in [2.75, 3.05) is 0 Å². The van der Waals surface area contributed by atoms with Crippen molar-refractivity contribution in [3.05, 3.63) is 217 Å². The van der Waals surface area contributed by atoms with Crippen LogP contribution in [0.2, 0.25) is 0 Å². The van der Waals surface area contributed by atoms with E-state index in [9.17, 15) is 0 Å². The van der Waals surface area contributed by atoms with E-state index < -0.39 is 0 Å². The molecule has 1 atom stereocenters. The van der Waals surface area contributed by atoms with Gasteiger partial charge in [0.1, 0.15) is 12.0 Å². The molecule has 56 heavy (non-hydrogen) atoms. The van der Waals surface area contributed by atoms with Gasteiger partial charge in [-0.3, -0.25) is 0 Å². The summed E-state index contributed by atoms with van der Waals surface area (Å²) in [5.41, 5.74) is 12.4. The molecule has 0 saturated carbocycles. The van der Waals surface area contributed by atoms with Crippen molar-refractivity contribution in [3.8, 4) is 22.5 Å². The molecule has 0 spiro atoms. The van der Waals surface area contributed by atoms with Gasteiger partial charge in [-0.1, -0.05) is 146 Å². The third kappa shape index (κ3) is 5.17.